The second-order valence-electron chi connectivity index (χ2n) is 6.25. The maximum atomic E-state index is 4.33. The quantitative estimate of drug-likeness (QED) is 0.376. The van der Waals surface area contributed by atoms with Crippen molar-refractivity contribution >= 4 is 47.0 Å². The third-order valence-corrected chi connectivity index (χ3v) is 5.10. The zero-order valence-electron chi connectivity index (χ0n) is 15.7. The summed E-state index contributed by atoms with van der Waals surface area (Å²) in [7, 11) is 5.97. The lowest BCUT2D eigenvalue weighted by Gasteiger charge is -2.20. The van der Waals surface area contributed by atoms with Crippen LogP contribution in [0.4, 0.5) is 5.69 Å². The number of aryl methyl sites for hydroxylation is 1. The van der Waals surface area contributed by atoms with E-state index in [1.54, 1.807) is 11.3 Å². The lowest BCUT2D eigenvalue weighted by Crippen LogP contribution is -2.38. The van der Waals surface area contributed by atoms with E-state index in [0.717, 1.165) is 19.0 Å². The van der Waals surface area contributed by atoms with Crippen molar-refractivity contribution in [3.05, 3.63) is 51.7 Å². The van der Waals surface area contributed by atoms with E-state index in [1.807, 2.05) is 7.05 Å². The van der Waals surface area contributed by atoms with Gasteiger partial charge in [-0.15, -0.1) is 35.3 Å². The Hall–Kier alpha value is -1.28. The lowest BCUT2D eigenvalue weighted by molar-refractivity contribution is 0.708. The fourth-order valence-electron chi connectivity index (χ4n) is 2.56. The van der Waals surface area contributed by atoms with Crippen molar-refractivity contribution in [3.8, 4) is 0 Å². The van der Waals surface area contributed by atoms with Gasteiger partial charge >= 0.3 is 0 Å². The highest BCUT2D eigenvalue weighted by molar-refractivity contribution is 14.0. The van der Waals surface area contributed by atoms with Gasteiger partial charge in [-0.1, -0.05) is 25.1 Å². The van der Waals surface area contributed by atoms with Crippen LogP contribution in [-0.2, 0) is 6.54 Å². The van der Waals surface area contributed by atoms with Crippen molar-refractivity contribution < 1.29 is 0 Å². The van der Waals surface area contributed by atoms with Crippen LogP contribution >= 0.6 is 35.3 Å². The number of anilines is 1. The molecule has 0 saturated carbocycles. The number of benzene rings is 1. The summed E-state index contributed by atoms with van der Waals surface area (Å²) < 4.78 is 0. The predicted octanol–water partition coefficient (Wildman–Crippen LogP) is 4.21. The third-order valence-electron chi connectivity index (χ3n) is 4.00. The molecule has 1 aromatic heterocycles. The fourth-order valence-corrected chi connectivity index (χ4v) is 3.35. The van der Waals surface area contributed by atoms with E-state index in [4.69, 9.17) is 0 Å². The van der Waals surface area contributed by atoms with Gasteiger partial charge in [0, 0.05) is 50.7 Å². The fraction of sp³-hybridized carbons (Fsp3) is 0.421. The van der Waals surface area contributed by atoms with Gasteiger partial charge in [0.2, 0.25) is 0 Å². The van der Waals surface area contributed by atoms with E-state index in [-0.39, 0.29) is 24.0 Å². The first-order valence-corrected chi connectivity index (χ1v) is 9.14. The zero-order valence-corrected chi connectivity index (χ0v) is 18.8. The molecule has 2 rings (SSSR count). The summed E-state index contributed by atoms with van der Waals surface area (Å²) in [6.07, 6.45) is 0. The lowest BCUT2D eigenvalue weighted by atomic mass is 10.1. The number of aliphatic imine (C=N–C) groups is 1. The number of guanidine groups is 1. The first kappa shape index (κ1) is 21.8. The molecule has 25 heavy (non-hydrogen) atoms. The molecule has 4 nitrogen and oxygen atoms in total. The van der Waals surface area contributed by atoms with Gasteiger partial charge in [-0.05, 0) is 35.6 Å². The highest BCUT2D eigenvalue weighted by Crippen LogP contribution is 2.21. The molecular formula is C19H29IN4S. The third kappa shape index (κ3) is 6.51. The summed E-state index contributed by atoms with van der Waals surface area (Å²) in [5.74, 6) is 1.31. The van der Waals surface area contributed by atoms with E-state index < -0.39 is 0 Å². The van der Waals surface area contributed by atoms with Crippen LogP contribution < -0.4 is 15.5 Å². The predicted molar refractivity (Wildman–Crippen MR) is 122 cm³/mol. The van der Waals surface area contributed by atoms with Crippen LogP contribution in [-0.4, -0.2) is 33.6 Å². The van der Waals surface area contributed by atoms with Crippen LogP contribution in [0.2, 0.25) is 0 Å². The van der Waals surface area contributed by atoms with Crippen molar-refractivity contribution in [3.63, 3.8) is 0 Å². The van der Waals surface area contributed by atoms with Gasteiger partial charge in [-0.3, -0.25) is 4.99 Å². The molecule has 2 N–H and O–H groups in total. The first-order chi connectivity index (χ1) is 11.5. The Morgan fingerprint density at radius 1 is 1.24 bits per heavy atom. The van der Waals surface area contributed by atoms with E-state index in [1.165, 1.54) is 21.7 Å². The molecule has 0 spiro atoms. The molecule has 0 aliphatic rings. The summed E-state index contributed by atoms with van der Waals surface area (Å²) in [5, 5.41) is 8.96. The second kappa shape index (κ2) is 10.7. The summed E-state index contributed by atoms with van der Waals surface area (Å²) in [4.78, 5) is 7.88. The van der Waals surface area contributed by atoms with Crippen molar-refractivity contribution in [2.24, 2.45) is 4.99 Å². The summed E-state index contributed by atoms with van der Waals surface area (Å²) in [6.45, 7) is 5.97. The molecule has 0 saturated heterocycles. The van der Waals surface area contributed by atoms with Gasteiger partial charge in [-0.2, -0.15) is 0 Å². The van der Waals surface area contributed by atoms with Crippen LogP contribution in [0.5, 0.6) is 0 Å². The molecule has 1 unspecified atom stereocenters. The Labute approximate surface area is 172 Å². The molecule has 138 valence electrons. The minimum atomic E-state index is 0. The van der Waals surface area contributed by atoms with Crippen molar-refractivity contribution in [1.29, 1.82) is 0 Å². The number of rotatable bonds is 6. The number of nitrogens with zero attached hydrogens (tertiary/aromatic N) is 2. The molecule has 1 heterocycles. The normalized spacial score (nSPS) is 12.3. The number of hydrogen-bond acceptors (Lipinski definition) is 3. The van der Waals surface area contributed by atoms with E-state index >= 15 is 0 Å². The average Bonchev–Trinajstić information content (AvgIpc) is 3.10. The molecular weight excluding hydrogens is 443 g/mol. The monoisotopic (exact) mass is 472 g/mol. The smallest absolute Gasteiger partial charge is 0.191 e. The van der Waals surface area contributed by atoms with Gasteiger partial charge in [0.15, 0.2) is 5.96 Å². The van der Waals surface area contributed by atoms with Crippen LogP contribution in [0.25, 0.3) is 0 Å². The van der Waals surface area contributed by atoms with Crippen LogP contribution in [0.15, 0.2) is 40.7 Å². The Balaban J connectivity index is 0.00000312. The van der Waals surface area contributed by atoms with Crippen molar-refractivity contribution in [1.82, 2.24) is 10.6 Å². The van der Waals surface area contributed by atoms with E-state index in [9.17, 15) is 0 Å². The molecule has 0 radical (unpaired) electrons. The molecule has 0 fully saturated rings. The van der Waals surface area contributed by atoms with Gasteiger partial charge < -0.3 is 15.5 Å². The Bertz CT molecular complexity index is 668. The van der Waals surface area contributed by atoms with Gasteiger partial charge in [0.1, 0.15) is 0 Å². The maximum Gasteiger partial charge on any atom is 0.191 e. The van der Waals surface area contributed by atoms with Crippen molar-refractivity contribution in [2.75, 3.05) is 32.6 Å². The topological polar surface area (TPSA) is 39.7 Å². The molecule has 0 bridgehead atoms. The minimum absolute atomic E-state index is 0. The second-order valence-corrected chi connectivity index (χ2v) is 7.23. The number of nitrogens with one attached hydrogen (secondary N) is 2. The van der Waals surface area contributed by atoms with Crippen LogP contribution in [0.3, 0.4) is 0 Å². The van der Waals surface area contributed by atoms with Crippen LogP contribution in [0, 0.1) is 6.92 Å². The Morgan fingerprint density at radius 3 is 2.60 bits per heavy atom. The number of thiophene rings is 1. The summed E-state index contributed by atoms with van der Waals surface area (Å²) in [6, 6.07) is 10.8. The number of halogens is 1. The molecule has 0 aliphatic carbocycles. The van der Waals surface area contributed by atoms with Gasteiger partial charge in [-0.25, -0.2) is 0 Å². The van der Waals surface area contributed by atoms with Gasteiger partial charge in [0.05, 0.1) is 0 Å². The molecule has 0 aliphatic heterocycles. The zero-order chi connectivity index (χ0) is 17.5. The summed E-state index contributed by atoms with van der Waals surface area (Å²) in [5.41, 5.74) is 3.78. The van der Waals surface area contributed by atoms with Crippen molar-refractivity contribution in [2.45, 2.75) is 26.3 Å². The average molecular weight is 472 g/mol. The van der Waals surface area contributed by atoms with Gasteiger partial charge in [0.25, 0.3) is 0 Å². The first-order valence-electron chi connectivity index (χ1n) is 8.26. The van der Waals surface area contributed by atoms with E-state index in [2.05, 4.69) is 84.2 Å². The SMILES string of the molecule is CN=C(NCc1ccc(C)cc1N(C)C)NCC(C)c1cccs1.I. The largest absolute Gasteiger partial charge is 0.377 e. The van der Waals surface area contributed by atoms with E-state index in [0.29, 0.717) is 5.92 Å². The van der Waals surface area contributed by atoms with Crippen LogP contribution in [0.1, 0.15) is 28.8 Å². The molecule has 2 aromatic rings. The Kier molecular flexibility index (Phi) is 9.27. The standard InChI is InChI=1S/C19H28N4S.HI/c1-14-8-9-16(17(11-14)23(4)5)13-22-19(20-3)21-12-15(2)18-7-6-10-24-18;/h6-11,15H,12-13H2,1-5H3,(H2,20,21,22);1H. The Morgan fingerprint density at radius 2 is 2.00 bits per heavy atom. The number of hydrogen-bond donors (Lipinski definition) is 2. The molecule has 1 aromatic carbocycles. The molecule has 0 amide bonds. The highest BCUT2D eigenvalue weighted by atomic mass is 127. The highest BCUT2D eigenvalue weighted by Gasteiger charge is 2.09. The molecule has 6 heteroatoms. The minimum Gasteiger partial charge on any atom is -0.377 e. The molecule has 1 atom stereocenters. The summed E-state index contributed by atoms with van der Waals surface area (Å²) >= 11 is 1.80. The maximum absolute atomic E-state index is 4.33.